The van der Waals surface area contributed by atoms with Crippen LogP contribution in [0, 0.1) is 13.8 Å². The smallest absolute Gasteiger partial charge is 0.431 e. The molecule has 2 N–H and O–H groups in total. The topological polar surface area (TPSA) is 71.2 Å². The van der Waals surface area contributed by atoms with Crippen LogP contribution in [0.25, 0.3) is 0 Å². The van der Waals surface area contributed by atoms with Gasteiger partial charge in [-0.05, 0) is 49.2 Å². The van der Waals surface area contributed by atoms with Crippen LogP contribution < -0.4 is 15.6 Å². The van der Waals surface area contributed by atoms with Gasteiger partial charge in [0.2, 0.25) is 0 Å². The molecule has 2 aromatic carbocycles. The van der Waals surface area contributed by atoms with E-state index in [0.29, 0.717) is 23.1 Å². The number of aromatic nitrogens is 1. The summed E-state index contributed by atoms with van der Waals surface area (Å²) in [6.45, 7) is 3.77. The van der Waals surface area contributed by atoms with Crippen LogP contribution in [0.3, 0.4) is 0 Å². The molecule has 0 radical (unpaired) electrons. The molecule has 3 aromatic rings. The van der Waals surface area contributed by atoms with E-state index in [0.717, 1.165) is 22.8 Å². The van der Waals surface area contributed by atoms with Crippen molar-refractivity contribution in [2.75, 3.05) is 0 Å². The van der Waals surface area contributed by atoms with Gasteiger partial charge in [-0.1, -0.05) is 24.3 Å². The molecular weight excluding hydrogens is 397 g/mol. The first-order valence-corrected chi connectivity index (χ1v) is 9.14. The summed E-state index contributed by atoms with van der Waals surface area (Å²) >= 11 is 0. The zero-order valence-electron chi connectivity index (χ0n) is 16.1. The lowest BCUT2D eigenvalue weighted by Crippen LogP contribution is -2.35. The summed E-state index contributed by atoms with van der Waals surface area (Å²) in [6, 6.07) is 11.9. The predicted octanol–water partition coefficient (Wildman–Crippen LogP) is 4.64. The van der Waals surface area contributed by atoms with E-state index in [2.05, 4.69) is 5.32 Å². The molecule has 1 unspecified atom stereocenters. The van der Waals surface area contributed by atoms with Gasteiger partial charge in [0.1, 0.15) is 22.8 Å². The summed E-state index contributed by atoms with van der Waals surface area (Å²) < 4.78 is 44.4. The number of nitrogens with one attached hydrogen (secondary N) is 2. The van der Waals surface area contributed by atoms with Gasteiger partial charge in [-0.3, -0.25) is 9.59 Å². The Labute approximate surface area is 169 Å². The van der Waals surface area contributed by atoms with Gasteiger partial charge in [0.25, 0.3) is 11.5 Å². The van der Waals surface area contributed by atoms with Gasteiger partial charge in [0, 0.05) is 11.1 Å². The number of amides is 1. The molecule has 1 amide bonds. The highest BCUT2D eigenvalue weighted by molar-refractivity contribution is 5.94. The quantitative estimate of drug-likeness (QED) is 0.642. The van der Waals surface area contributed by atoms with E-state index in [1.54, 1.807) is 11.1 Å². The Morgan fingerprint density at radius 3 is 2.53 bits per heavy atom. The Balaban J connectivity index is 1.75. The maximum absolute atomic E-state index is 12.8. The molecule has 0 aliphatic carbocycles. The number of carbonyl (C=O) groups excluding carboxylic acids is 1. The summed E-state index contributed by atoms with van der Waals surface area (Å²) in [4.78, 5) is 26.7. The minimum Gasteiger partial charge on any atom is -0.457 e. The number of benzene rings is 2. The monoisotopic (exact) mass is 414 g/mol. The predicted molar refractivity (Wildman–Crippen MR) is 104 cm³/mol. The average Bonchev–Trinajstić information content (AvgIpc) is 2.66. The highest BCUT2D eigenvalue weighted by Gasteiger charge is 2.33. The molecule has 8 heteroatoms. The van der Waals surface area contributed by atoms with Crippen molar-refractivity contribution >= 4 is 5.91 Å². The molecule has 1 aromatic heterocycles. The van der Waals surface area contributed by atoms with Crippen LogP contribution in [-0.4, -0.2) is 10.9 Å². The Morgan fingerprint density at radius 2 is 1.83 bits per heavy atom. The minimum atomic E-state index is -4.71. The van der Waals surface area contributed by atoms with Crippen molar-refractivity contribution in [3.05, 3.63) is 92.4 Å². The largest absolute Gasteiger partial charge is 0.457 e. The first-order valence-electron chi connectivity index (χ1n) is 9.14. The fourth-order valence-corrected chi connectivity index (χ4v) is 3.53. The number of aryl methyl sites for hydroxylation is 2. The Bertz CT molecular complexity index is 1210. The van der Waals surface area contributed by atoms with Crippen LogP contribution >= 0.6 is 0 Å². The molecule has 1 aliphatic heterocycles. The van der Waals surface area contributed by atoms with Crippen molar-refractivity contribution < 1.29 is 22.7 Å². The second-order valence-corrected chi connectivity index (χ2v) is 7.15. The average molecular weight is 414 g/mol. The number of ether oxygens (including phenoxy) is 1. The highest BCUT2D eigenvalue weighted by atomic mass is 19.4. The molecule has 0 fully saturated rings. The molecule has 0 bridgehead atoms. The van der Waals surface area contributed by atoms with Gasteiger partial charge >= 0.3 is 6.18 Å². The van der Waals surface area contributed by atoms with Gasteiger partial charge in [-0.15, -0.1) is 0 Å². The molecule has 5 nitrogen and oxygen atoms in total. The second kappa shape index (κ2) is 7.05. The molecule has 1 atom stereocenters. The van der Waals surface area contributed by atoms with Gasteiger partial charge in [0.05, 0.1) is 6.04 Å². The number of hydrogen-bond donors (Lipinski definition) is 2. The van der Waals surface area contributed by atoms with E-state index in [4.69, 9.17) is 4.74 Å². The van der Waals surface area contributed by atoms with E-state index in [-0.39, 0.29) is 0 Å². The first-order chi connectivity index (χ1) is 14.1. The molecule has 0 saturated carbocycles. The fraction of sp³-hybridized carbons (Fsp3) is 0.182. The number of alkyl halides is 3. The normalized spacial score (nSPS) is 15.0. The van der Waals surface area contributed by atoms with Crippen LogP contribution in [-0.2, 0) is 6.18 Å². The third-order valence-electron chi connectivity index (χ3n) is 5.01. The van der Waals surface area contributed by atoms with Crippen LogP contribution in [0.1, 0.15) is 44.3 Å². The summed E-state index contributed by atoms with van der Waals surface area (Å²) in [6.07, 6.45) is -4.71. The van der Waals surface area contributed by atoms with Crippen molar-refractivity contribution in [2.45, 2.75) is 26.1 Å². The fourth-order valence-electron chi connectivity index (χ4n) is 3.53. The second-order valence-electron chi connectivity index (χ2n) is 7.15. The zero-order valence-corrected chi connectivity index (χ0v) is 16.1. The van der Waals surface area contributed by atoms with Gasteiger partial charge < -0.3 is 15.0 Å². The third kappa shape index (κ3) is 3.45. The number of pyridine rings is 1. The maximum atomic E-state index is 12.8. The van der Waals surface area contributed by atoms with E-state index in [9.17, 15) is 22.8 Å². The number of hydrogen-bond acceptors (Lipinski definition) is 3. The number of carbonyl (C=O) groups is 1. The number of fused-ring (bicyclic) bond motifs is 2. The summed E-state index contributed by atoms with van der Waals surface area (Å²) in [7, 11) is 0. The minimum absolute atomic E-state index is 0.404. The van der Waals surface area contributed by atoms with E-state index in [1.165, 1.54) is 0 Å². The van der Waals surface area contributed by atoms with Crippen LogP contribution in [0.2, 0.25) is 0 Å². The summed E-state index contributed by atoms with van der Waals surface area (Å²) in [5.74, 6) is 0.358. The van der Waals surface area contributed by atoms with Crippen LogP contribution in [0.15, 0.2) is 53.3 Å². The molecule has 0 spiro atoms. The lowest BCUT2D eigenvalue weighted by molar-refractivity contribution is -0.141. The lowest BCUT2D eigenvalue weighted by Gasteiger charge is -2.30. The lowest BCUT2D eigenvalue weighted by atomic mass is 9.90. The maximum Gasteiger partial charge on any atom is 0.431 e. The van der Waals surface area contributed by atoms with Gasteiger partial charge in [0.15, 0.2) is 0 Å². The first kappa shape index (κ1) is 19.8. The van der Waals surface area contributed by atoms with Gasteiger partial charge in [-0.25, -0.2) is 0 Å². The molecule has 154 valence electrons. The van der Waals surface area contributed by atoms with Crippen LogP contribution in [0.4, 0.5) is 13.2 Å². The van der Waals surface area contributed by atoms with Crippen molar-refractivity contribution in [1.82, 2.24) is 10.3 Å². The van der Waals surface area contributed by atoms with Crippen molar-refractivity contribution in [1.29, 1.82) is 0 Å². The molecule has 0 saturated heterocycles. The number of halogens is 3. The van der Waals surface area contributed by atoms with Crippen molar-refractivity contribution in [3.63, 3.8) is 0 Å². The summed E-state index contributed by atoms with van der Waals surface area (Å²) in [5, 5.41) is 2.79. The Morgan fingerprint density at radius 1 is 1.07 bits per heavy atom. The van der Waals surface area contributed by atoms with E-state index in [1.807, 2.05) is 44.2 Å². The summed E-state index contributed by atoms with van der Waals surface area (Å²) in [5.41, 5.74) is 0.531. The SMILES string of the molecule is Cc1ccc2c(c1)Oc1cccc(C)c1C2NC(=O)c1ccc(C(F)(F)F)[nH]c1=O. The Hall–Kier alpha value is -3.55. The number of rotatable bonds is 2. The molecular formula is C22H17F3N2O3. The van der Waals surface area contributed by atoms with Crippen LogP contribution in [0.5, 0.6) is 11.5 Å². The molecule has 1 aliphatic rings. The van der Waals surface area contributed by atoms with Crippen molar-refractivity contribution in [3.8, 4) is 11.5 Å². The standard InChI is InChI=1S/C22H17F3N2O3/c1-11-6-7-13-16(10-11)30-15-5-3-4-12(2)18(15)19(13)27-21(29)14-8-9-17(22(23,24)25)26-20(14)28/h3-10,19H,1-2H3,(H,26,28)(H,27,29). The van der Waals surface area contributed by atoms with E-state index >= 15 is 0 Å². The van der Waals surface area contributed by atoms with Crippen molar-refractivity contribution in [2.24, 2.45) is 0 Å². The molecule has 4 rings (SSSR count). The molecule has 2 heterocycles. The number of H-pyrrole nitrogens is 1. The third-order valence-corrected chi connectivity index (χ3v) is 5.01. The van der Waals surface area contributed by atoms with Gasteiger partial charge in [-0.2, -0.15) is 13.2 Å². The highest BCUT2D eigenvalue weighted by Crippen LogP contribution is 2.44. The zero-order chi connectivity index (χ0) is 21.6. The molecule has 30 heavy (non-hydrogen) atoms. The number of aromatic amines is 1. The Kier molecular flexibility index (Phi) is 4.64. The van der Waals surface area contributed by atoms with E-state index < -0.39 is 34.9 Å².